The minimum absolute atomic E-state index is 0.236. The maximum Gasteiger partial charge on any atom is 0.348 e. The topological polar surface area (TPSA) is 183 Å². The van der Waals surface area contributed by atoms with Crippen LogP contribution in [0, 0.1) is 0 Å². The van der Waals surface area contributed by atoms with Gasteiger partial charge in [-0.2, -0.15) is 0 Å². The quantitative estimate of drug-likeness (QED) is 0.188. The molecule has 11 heteroatoms. The van der Waals surface area contributed by atoms with Crippen LogP contribution in [0.15, 0.2) is 89.9 Å². The van der Waals surface area contributed by atoms with Gasteiger partial charge in [-0.05, 0) is 18.1 Å². The molecular weight excluding hydrogens is 544 g/mol. The molecule has 0 aliphatic carbocycles. The number of benzene rings is 3. The summed E-state index contributed by atoms with van der Waals surface area (Å²) >= 11 is 0. The van der Waals surface area contributed by atoms with Gasteiger partial charge in [0.1, 0.15) is 11.6 Å². The second-order valence-corrected chi connectivity index (χ2v) is 9.81. The lowest BCUT2D eigenvalue weighted by Gasteiger charge is -2.34. The Hall–Kier alpha value is -4.87. The second kappa shape index (κ2) is 11.9. The van der Waals surface area contributed by atoms with Gasteiger partial charge in [-0.3, -0.25) is 14.6 Å². The molecule has 42 heavy (non-hydrogen) atoms. The number of para-hydroxylation sites is 1. The normalized spacial score (nSPS) is 19.7. The van der Waals surface area contributed by atoms with Gasteiger partial charge in [0, 0.05) is 24.1 Å². The number of Topliss-reactive ketones (excluding diaryl/α,β-unsaturated/α-hetero) is 2. The van der Waals surface area contributed by atoms with Gasteiger partial charge in [0.05, 0.1) is 6.54 Å². The molecule has 0 radical (unpaired) electrons. The molecule has 2 aliphatic heterocycles. The van der Waals surface area contributed by atoms with Crippen LogP contribution < -0.4 is 10.1 Å². The van der Waals surface area contributed by atoms with Crippen LogP contribution in [0.4, 0.5) is 0 Å². The molecule has 0 saturated carbocycles. The van der Waals surface area contributed by atoms with Crippen LogP contribution in [0.3, 0.4) is 0 Å². The molecule has 0 saturated heterocycles. The zero-order valence-corrected chi connectivity index (χ0v) is 22.7. The first-order valence-corrected chi connectivity index (χ1v) is 13.2. The van der Waals surface area contributed by atoms with Crippen molar-refractivity contribution in [1.82, 2.24) is 5.32 Å². The molecule has 0 fully saturated rings. The highest BCUT2D eigenvalue weighted by Gasteiger charge is 2.69. The summed E-state index contributed by atoms with van der Waals surface area (Å²) in [6.45, 7) is 3.97. The van der Waals surface area contributed by atoms with Crippen LogP contribution in [-0.2, 0) is 16.0 Å². The first-order chi connectivity index (χ1) is 20.0. The SMILES string of the molecule is CCC1(C2=NCCN2)Cc2ccccc2O1.O=C(O)C(O)(C(=O)c1ccccc1)C(O)(C(=O)O)C(=O)c1ccccc1. The summed E-state index contributed by atoms with van der Waals surface area (Å²) in [4.78, 5) is 53.1. The Balaban J connectivity index is 0.000000214. The number of nitrogens with zero attached hydrogens (tertiary/aromatic N) is 1. The van der Waals surface area contributed by atoms with Crippen molar-refractivity contribution in [2.45, 2.75) is 36.6 Å². The third-order valence-corrected chi connectivity index (χ3v) is 7.30. The third kappa shape index (κ3) is 5.15. The molecule has 3 atom stereocenters. The molecule has 2 aliphatic rings. The van der Waals surface area contributed by atoms with Gasteiger partial charge in [-0.15, -0.1) is 0 Å². The molecule has 218 valence electrons. The summed E-state index contributed by atoms with van der Waals surface area (Å²) in [5.41, 5.74) is -7.63. The van der Waals surface area contributed by atoms with E-state index >= 15 is 0 Å². The Morgan fingerprint density at radius 1 is 0.810 bits per heavy atom. The van der Waals surface area contributed by atoms with E-state index in [2.05, 4.69) is 29.4 Å². The van der Waals surface area contributed by atoms with E-state index in [1.165, 1.54) is 42.0 Å². The van der Waals surface area contributed by atoms with Crippen LogP contribution in [0.2, 0.25) is 0 Å². The van der Waals surface area contributed by atoms with Crippen molar-refractivity contribution in [1.29, 1.82) is 0 Å². The van der Waals surface area contributed by atoms with Crippen LogP contribution in [0.5, 0.6) is 5.75 Å². The average molecular weight is 575 g/mol. The third-order valence-electron chi connectivity index (χ3n) is 7.30. The van der Waals surface area contributed by atoms with E-state index in [9.17, 15) is 39.6 Å². The predicted molar refractivity (Wildman–Crippen MR) is 151 cm³/mol. The van der Waals surface area contributed by atoms with Gasteiger partial charge >= 0.3 is 11.9 Å². The Bertz CT molecular complexity index is 1430. The number of aliphatic hydroxyl groups is 2. The zero-order chi connectivity index (χ0) is 30.5. The Kier molecular flexibility index (Phi) is 8.55. The van der Waals surface area contributed by atoms with Gasteiger partial charge in [0.2, 0.25) is 11.6 Å². The summed E-state index contributed by atoms with van der Waals surface area (Å²) in [6, 6.07) is 21.1. The van der Waals surface area contributed by atoms with E-state index in [0.717, 1.165) is 61.8 Å². The molecular formula is C31H30N2O9. The number of ketones is 2. The van der Waals surface area contributed by atoms with Crippen molar-refractivity contribution in [3.63, 3.8) is 0 Å². The molecule has 3 unspecified atom stereocenters. The van der Waals surface area contributed by atoms with Gasteiger partial charge in [0.15, 0.2) is 5.60 Å². The highest BCUT2D eigenvalue weighted by Crippen LogP contribution is 2.38. The molecule has 0 spiro atoms. The van der Waals surface area contributed by atoms with E-state index in [1.807, 2.05) is 12.1 Å². The number of hydrogen-bond acceptors (Lipinski definition) is 9. The summed E-state index contributed by atoms with van der Waals surface area (Å²) in [5.74, 6) is -5.98. The number of aliphatic carboxylic acids is 2. The lowest BCUT2D eigenvalue weighted by atomic mass is 9.73. The first-order valence-electron chi connectivity index (χ1n) is 13.2. The van der Waals surface area contributed by atoms with Crippen molar-refractivity contribution in [3.8, 4) is 5.75 Å². The van der Waals surface area contributed by atoms with Gasteiger partial charge in [-0.25, -0.2) is 9.59 Å². The monoisotopic (exact) mass is 574 g/mol. The number of rotatable bonds is 9. The highest BCUT2D eigenvalue weighted by molar-refractivity contribution is 6.28. The van der Waals surface area contributed by atoms with Crippen LogP contribution in [0.1, 0.15) is 39.6 Å². The molecule has 0 amide bonds. The minimum atomic E-state index is -3.95. The van der Waals surface area contributed by atoms with Gasteiger partial charge in [-0.1, -0.05) is 85.8 Å². The molecule has 5 rings (SSSR count). The highest BCUT2D eigenvalue weighted by atomic mass is 16.5. The van der Waals surface area contributed by atoms with Gasteiger partial charge < -0.3 is 30.5 Å². The lowest BCUT2D eigenvalue weighted by Crippen LogP contribution is -2.71. The van der Waals surface area contributed by atoms with Crippen molar-refractivity contribution in [3.05, 3.63) is 102 Å². The molecule has 11 nitrogen and oxygen atoms in total. The Morgan fingerprint density at radius 2 is 1.29 bits per heavy atom. The van der Waals surface area contributed by atoms with Crippen molar-refractivity contribution in [2.24, 2.45) is 4.99 Å². The number of nitrogens with one attached hydrogen (secondary N) is 1. The summed E-state index contributed by atoms with van der Waals surface area (Å²) < 4.78 is 6.13. The lowest BCUT2D eigenvalue weighted by molar-refractivity contribution is -0.187. The Labute approximate surface area is 241 Å². The molecule has 0 aromatic heterocycles. The first kappa shape index (κ1) is 30.1. The maximum absolute atomic E-state index is 12.6. The minimum Gasteiger partial charge on any atom is -0.479 e. The maximum atomic E-state index is 12.6. The smallest absolute Gasteiger partial charge is 0.348 e. The zero-order valence-electron chi connectivity index (χ0n) is 22.7. The average Bonchev–Trinajstić information content (AvgIpc) is 3.70. The van der Waals surface area contributed by atoms with Crippen molar-refractivity contribution in [2.75, 3.05) is 13.1 Å². The van der Waals surface area contributed by atoms with E-state index in [-0.39, 0.29) is 5.60 Å². The number of ether oxygens (including phenoxy) is 1. The molecule has 3 aromatic rings. The molecule has 2 heterocycles. The molecule has 5 N–H and O–H groups in total. The number of carboxylic acid groups (broad SMARTS) is 2. The van der Waals surface area contributed by atoms with Crippen molar-refractivity contribution < 1.29 is 44.3 Å². The van der Waals surface area contributed by atoms with E-state index in [4.69, 9.17) is 4.74 Å². The fraction of sp³-hybridized carbons (Fsp3) is 0.258. The summed E-state index contributed by atoms with van der Waals surface area (Å²) in [7, 11) is 0. The van der Waals surface area contributed by atoms with Crippen LogP contribution in [-0.4, -0.2) is 79.7 Å². The number of fused-ring (bicyclic) bond motifs is 1. The number of carbonyl (C=O) groups excluding carboxylic acids is 2. The second-order valence-electron chi connectivity index (χ2n) is 9.81. The number of carbonyl (C=O) groups is 4. The van der Waals surface area contributed by atoms with Gasteiger partial charge in [0.25, 0.3) is 11.2 Å². The van der Waals surface area contributed by atoms with E-state index < -0.39 is 45.8 Å². The fourth-order valence-electron chi connectivity index (χ4n) is 4.93. The Morgan fingerprint density at radius 3 is 1.69 bits per heavy atom. The molecule has 3 aromatic carbocycles. The standard InChI is InChI=1S/C18H14O8.C13H16N2O/c19-13(11-7-3-1-4-8-11)17(25,15(21)22)18(26,16(23)24)14(20)12-9-5-2-6-10-12;1-2-13(12-14-7-8-15-12)9-10-5-3-4-6-11(10)16-13/h1-10,25-26H,(H,21,22)(H,23,24);3-6H,2,7-9H2,1H3,(H,14,15). The van der Waals surface area contributed by atoms with Crippen LogP contribution in [0.25, 0.3) is 0 Å². The molecule has 0 bridgehead atoms. The largest absolute Gasteiger partial charge is 0.479 e. The number of hydrogen-bond donors (Lipinski definition) is 5. The van der Waals surface area contributed by atoms with E-state index in [0.29, 0.717) is 0 Å². The summed E-state index contributed by atoms with van der Waals surface area (Å²) in [6.07, 6.45) is 1.89. The number of amidine groups is 1. The number of carboxylic acids is 2. The predicted octanol–water partition coefficient (Wildman–Crippen LogP) is 2.16. The van der Waals surface area contributed by atoms with Crippen LogP contribution >= 0.6 is 0 Å². The van der Waals surface area contributed by atoms with Crippen molar-refractivity contribution >= 4 is 29.3 Å². The van der Waals surface area contributed by atoms with E-state index in [1.54, 1.807) is 0 Å². The number of aliphatic imine (C=N–C) groups is 1. The fourth-order valence-corrected chi connectivity index (χ4v) is 4.93. The summed E-state index contributed by atoms with van der Waals surface area (Å²) in [5, 5.41) is 43.2.